The number of unbranched alkanes of at least 4 members (excludes halogenated alkanes) is 2. The van der Waals surface area contributed by atoms with Gasteiger partial charge in [-0.15, -0.1) is 0 Å². The van der Waals surface area contributed by atoms with Gasteiger partial charge in [-0.2, -0.15) is 0 Å². The minimum absolute atomic E-state index is 0.00593. The highest BCUT2D eigenvalue weighted by atomic mass is 16.3. The summed E-state index contributed by atoms with van der Waals surface area (Å²) in [6.07, 6.45) is 4.77. The molecule has 0 spiro atoms. The van der Waals surface area contributed by atoms with Crippen LogP contribution in [0.25, 0.3) is 0 Å². The van der Waals surface area contributed by atoms with Crippen molar-refractivity contribution in [2.75, 3.05) is 0 Å². The Morgan fingerprint density at radius 3 is 2.62 bits per heavy atom. The number of aldehydes is 1. The van der Waals surface area contributed by atoms with E-state index >= 15 is 0 Å². The summed E-state index contributed by atoms with van der Waals surface area (Å²) in [5.41, 5.74) is 0.601. The predicted molar refractivity (Wildman–Crippen MR) is 62.7 cm³/mol. The van der Waals surface area contributed by atoms with Crippen LogP contribution in [0.4, 0.5) is 0 Å². The van der Waals surface area contributed by atoms with E-state index in [0.29, 0.717) is 5.56 Å². The van der Waals surface area contributed by atoms with Gasteiger partial charge in [0.15, 0.2) is 0 Å². The molecule has 0 aliphatic heterocycles. The van der Waals surface area contributed by atoms with Crippen LogP contribution in [0.5, 0.6) is 11.5 Å². The Kier molecular flexibility index (Phi) is 4.83. The third-order valence-electron chi connectivity index (χ3n) is 2.70. The number of phenols is 2. The minimum atomic E-state index is -0.271. The summed E-state index contributed by atoms with van der Waals surface area (Å²) in [4.78, 5) is 11.0. The fraction of sp³-hybridized carbons (Fsp3) is 0.462. The second-order valence-corrected chi connectivity index (χ2v) is 3.98. The molecule has 0 bridgehead atoms. The molecule has 16 heavy (non-hydrogen) atoms. The van der Waals surface area contributed by atoms with E-state index in [2.05, 4.69) is 6.92 Å². The molecule has 0 heterocycles. The molecule has 0 saturated heterocycles. The van der Waals surface area contributed by atoms with Crippen LogP contribution >= 0.6 is 0 Å². The lowest BCUT2D eigenvalue weighted by molar-refractivity contribution is -0.109. The Labute approximate surface area is 95.7 Å². The Bertz CT molecular complexity index is 347. The fourth-order valence-electron chi connectivity index (χ4n) is 1.76. The van der Waals surface area contributed by atoms with Gasteiger partial charge in [-0.3, -0.25) is 0 Å². The normalized spacial score (nSPS) is 12.3. The largest absolute Gasteiger partial charge is 0.508 e. The summed E-state index contributed by atoms with van der Waals surface area (Å²) in [6, 6.07) is 4.37. The summed E-state index contributed by atoms with van der Waals surface area (Å²) in [7, 11) is 0. The van der Waals surface area contributed by atoms with Gasteiger partial charge in [0.05, 0.1) is 0 Å². The van der Waals surface area contributed by atoms with Crippen LogP contribution in [-0.4, -0.2) is 16.5 Å². The van der Waals surface area contributed by atoms with Crippen molar-refractivity contribution in [1.82, 2.24) is 0 Å². The Morgan fingerprint density at radius 1 is 1.31 bits per heavy atom. The quantitative estimate of drug-likeness (QED) is 0.574. The molecule has 0 aromatic heterocycles. The number of benzene rings is 1. The highest BCUT2D eigenvalue weighted by Gasteiger charge is 2.14. The number of carbonyl (C=O) groups excluding carboxylic acids is 1. The minimum Gasteiger partial charge on any atom is -0.508 e. The molecule has 88 valence electrons. The molecule has 0 radical (unpaired) electrons. The number of carbonyl (C=O) groups is 1. The average Bonchev–Trinajstić information content (AvgIpc) is 2.26. The zero-order chi connectivity index (χ0) is 12.0. The Morgan fingerprint density at radius 2 is 2.06 bits per heavy atom. The van der Waals surface area contributed by atoms with Crippen LogP contribution in [0.15, 0.2) is 18.2 Å². The molecule has 1 aromatic carbocycles. The maximum absolute atomic E-state index is 11.0. The van der Waals surface area contributed by atoms with E-state index in [1.54, 1.807) is 6.07 Å². The van der Waals surface area contributed by atoms with Crippen molar-refractivity contribution >= 4 is 6.29 Å². The second kappa shape index (κ2) is 6.16. The molecule has 3 nitrogen and oxygen atoms in total. The molecular formula is C13H18O3. The lowest BCUT2D eigenvalue weighted by Gasteiger charge is -2.12. The Hall–Kier alpha value is -1.51. The Balaban J connectivity index is 2.74. The van der Waals surface area contributed by atoms with Gasteiger partial charge in [-0.05, 0) is 12.5 Å². The first-order chi connectivity index (χ1) is 7.69. The smallest absolute Gasteiger partial charge is 0.127 e. The van der Waals surface area contributed by atoms with Gasteiger partial charge in [0, 0.05) is 17.5 Å². The van der Waals surface area contributed by atoms with Crippen molar-refractivity contribution in [2.45, 2.75) is 38.5 Å². The molecular weight excluding hydrogens is 204 g/mol. The van der Waals surface area contributed by atoms with Crippen LogP contribution < -0.4 is 0 Å². The van der Waals surface area contributed by atoms with Gasteiger partial charge in [0.25, 0.3) is 0 Å². The van der Waals surface area contributed by atoms with Gasteiger partial charge < -0.3 is 15.0 Å². The highest BCUT2D eigenvalue weighted by Crippen LogP contribution is 2.31. The van der Waals surface area contributed by atoms with E-state index in [9.17, 15) is 9.90 Å². The van der Waals surface area contributed by atoms with Crippen molar-refractivity contribution in [3.8, 4) is 11.5 Å². The molecule has 1 atom stereocenters. The summed E-state index contributed by atoms with van der Waals surface area (Å²) >= 11 is 0. The lowest BCUT2D eigenvalue weighted by atomic mass is 9.94. The zero-order valence-corrected chi connectivity index (χ0v) is 9.52. The van der Waals surface area contributed by atoms with Crippen LogP contribution in [0.3, 0.4) is 0 Å². The van der Waals surface area contributed by atoms with Gasteiger partial charge in [-0.1, -0.05) is 32.3 Å². The molecule has 0 fully saturated rings. The van der Waals surface area contributed by atoms with E-state index in [-0.39, 0.29) is 17.4 Å². The monoisotopic (exact) mass is 222 g/mol. The van der Waals surface area contributed by atoms with Crippen molar-refractivity contribution in [1.29, 1.82) is 0 Å². The number of aromatic hydroxyl groups is 2. The molecule has 2 N–H and O–H groups in total. The molecule has 1 aromatic rings. The third-order valence-corrected chi connectivity index (χ3v) is 2.70. The zero-order valence-electron chi connectivity index (χ0n) is 9.52. The summed E-state index contributed by atoms with van der Waals surface area (Å²) in [5, 5.41) is 18.8. The van der Waals surface area contributed by atoms with Gasteiger partial charge in [0.1, 0.15) is 17.8 Å². The summed E-state index contributed by atoms with van der Waals surface area (Å²) < 4.78 is 0. The molecule has 1 rings (SSSR count). The van der Waals surface area contributed by atoms with Gasteiger partial charge in [-0.25, -0.2) is 0 Å². The molecule has 0 aliphatic carbocycles. The predicted octanol–water partition coefficient (Wildman–Crippen LogP) is 2.96. The van der Waals surface area contributed by atoms with E-state index in [4.69, 9.17) is 5.11 Å². The highest BCUT2D eigenvalue weighted by molar-refractivity contribution is 5.64. The van der Waals surface area contributed by atoms with E-state index in [0.717, 1.165) is 32.0 Å². The van der Waals surface area contributed by atoms with Crippen LogP contribution in [0.2, 0.25) is 0 Å². The molecule has 0 aliphatic rings. The number of rotatable bonds is 6. The van der Waals surface area contributed by atoms with Crippen LogP contribution in [0, 0.1) is 0 Å². The van der Waals surface area contributed by atoms with Crippen molar-refractivity contribution in [2.24, 2.45) is 0 Å². The molecule has 0 saturated carbocycles. The summed E-state index contributed by atoms with van der Waals surface area (Å²) in [6.45, 7) is 2.11. The van der Waals surface area contributed by atoms with Gasteiger partial charge >= 0.3 is 0 Å². The fourth-order valence-corrected chi connectivity index (χ4v) is 1.76. The number of hydrogen-bond acceptors (Lipinski definition) is 3. The third kappa shape index (κ3) is 3.26. The van der Waals surface area contributed by atoms with E-state index < -0.39 is 0 Å². The lowest BCUT2D eigenvalue weighted by Crippen LogP contribution is -2.00. The molecule has 3 heteroatoms. The van der Waals surface area contributed by atoms with Crippen LogP contribution in [-0.2, 0) is 4.79 Å². The van der Waals surface area contributed by atoms with Crippen molar-refractivity contribution in [3.63, 3.8) is 0 Å². The van der Waals surface area contributed by atoms with E-state index in [1.165, 1.54) is 12.1 Å². The summed E-state index contributed by atoms with van der Waals surface area (Å²) in [5.74, 6) is -0.264. The van der Waals surface area contributed by atoms with Crippen molar-refractivity contribution < 1.29 is 15.0 Å². The first kappa shape index (κ1) is 12.6. The van der Waals surface area contributed by atoms with Crippen molar-refractivity contribution in [3.05, 3.63) is 23.8 Å². The SMILES string of the molecule is CCCCCC(C=O)c1ccc(O)cc1O. The van der Waals surface area contributed by atoms with E-state index in [1.807, 2.05) is 0 Å². The number of hydrogen-bond donors (Lipinski definition) is 2. The van der Waals surface area contributed by atoms with Crippen LogP contribution in [0.1, 0.15) is 44.1 Å². The average molecular weight is 222 g/mol. The first-order valence-electron chi connectivity index (χ1n) is 5.66. The molecule has 0 amide bonds. The second-order valence-electron chi connectivity index (χ2n) is 3.98. The maximum atomic E-state index is 11.0. The topological polar surface area (TPSA) is 57.5 Å². The molecule has 1 unspecified atom stereocenters. The standard InChI is InChI=1S/C13H18O3/c1-2-3-4-5-10(9-14)12-7-6-11(15)8-13(12)16/h6-10,15-16H,2-5H2,1H3. The first-order valence-corrected chi connectivity index (χ1v) is 5.66. The number of phenolic OH excluding ortho intramolecular Hbond substituents is 2. The van der Waals surface area contributed by atoms with Gasteiger partial charge in [0.2, 0.25) is 0 Å². The maximum Gasteiger partial charge on any atom is 0.127 e.